The largest absolute Gasteiger partial charge is 0.345 e. The first kappa shape index (κ1) is 10.4. The van der Waals surface area contributed by atoms with Crippen molar-refractivity contribution >= 4 is 5.91 Å². The van der Waals surface area contributed by atoms with Crippen molar-refractivity contribution in [3.05, 3.63) is 48.3 Å². The van der Waals surface area contributed by atoms with Gasteiger partial charge in [-0.15, -0.1) is 0 Å². The van der Waals surface area contributed by atoms with E-state index in [2.05, 4.69) is 15.3 Å². The van der Waals surface area contributed by atoms with E-state index in [1.165, 1.54) is 0 Å². The third-order valence-corrected chi connectivity index (χ3v) is 2.23. The van der Waals surface area contributed by atoms with Gasteiger partial charge in [0.05, 0.1) is 0 Å². The Labute approximate surface area is 93.2 Å². The van der Waals surface area contributed by atoms with E-state index in [0.717, 1.165) is 5.56 Å². The molecular weight excluding hydrogens is 204 g/mol. The van der Waals surface area contributed by atoms with Crippen molar-refractivity contribution in [1.29, 1.82) is 0 Å². The van der Waals surface area contributed by atoms with Gasteiger partial charge in [-0.05, 0) is 17.7 Å². The van der Waals surface area contributed by atoms with E-state index in [9.17, 15) is 4.79 Å². The Morgan fingerprint density at radius 2 is 2.12 bits per heavy atom. The molecule has 0 fully saturated rings. The molecule has 1 amide bonds. The number of imidazole rings is 1. The predicted molar refractivity (Wildman–Crippen MR) is 58.6 cm³/mol. The second-order valence-electron chi connectivity index (χ2n) is 3.40. The lowest BCUT2D eigenvalue weighted by Gasteiger charge is -2.04. The number of aromatic nitrogens is 3. The highest BCUT2D eigenvalue weighted by molar-refractivity contribution is 5.90. The zero-order valence-electron chi connectivity index (χ0n) is 8.92. The summed E-state index contributed by atoms with van der Waals surface area (Å²) in [6.45, 7) is 0.480. The average molecular weight is 216 g/mol. The normalized spacial score (nSPS) is 10.1. The lowest BCUT2D eigenvalue weighted by Crippen LogP contribution is -2.25. The molecule has 2 aromatic rings. The molecule has 0 radical (unpaired) electrons. The number of nitrogens with zero attached hydrogens (tertiary/aromatic N) is 3. The standard InChI is InChI=1S/C11H12N4O/c1-15-7-6-13-10(15)11(16)14-8-9-2-4-12-5-3-9/h2-7H,8H2,1H3,(H,14,16). The molecule has 16 heavy (non-hydrogen) atoms. The van der Waals surface area contributed by atoms with Crippen LogP contribution in [0.3, 0.4) is 0 Å². The summed E-state index contributed by atoms with van der Waals surface area (Å²) in [6, 6.07) is 3.72. The Bertz CT molecular complexity index is 478. The SMILES string of the molecule is Cn1ccnc1C(=O)NCc1ccncc1. The van der Waals surface area contributed by atoms with E-state index in [1.54, 1.807) is 36.4 Å². The zero-order valence-corrected chi connectivity index (χ0v) is 8.92. The van der Waals surface area contributed by atoms with Crippen LogP contribution >= 0.6 is 0 Å². The number of pyridine rings is 1. The minimum absolute atomic E-state index is 0.177. The van der Waals surface area contributed by atoms with Crippen LogP contribution in [-0.2, 0) is 13.6 Å². The molecule has 5 nitrogen and oxygen atoms in total. The third kappa shape index (κ3) is 2.25. The Morgan fingerprint density at radius 1 is 1.38 bits per heavy atom. The first-order valence-corrected chi connectivity index (χ1v) is 4.92. The van der Waals surface area contributed by atoms with Gasteiger partial charge in [-0.3, -0.25) is 9.78 Å². The van der Waals surface area contributed by atoms with Crippen LogP contribution in [0.15, 0.2) is 36.9 Å². The first-order valence-electron chi connectivity index (χ1n) is 4.92. The predicted octanol–water partition coefficient (Wildman–Crippen LogP) is 0.745. The monoisotopic (exact) mass is 216 g/mol. The molecule has 5 heteroatoms. The minimum Gasteiger partial charge on any atom is -0.345 e. The van der Waals surface area contributed by atoms with Crippen molar-refractivity contribution < 1.29 is 4.79 Å². The molecule has 0 saturated heterocycles. The van der Waals surface area contributed by atoms with Crippen LogP contribution in [0, 0.1) is 0 Å². The number of hydrogen-bond acceptors (Lipinski definition) is 3. The number of amides is 1. The van der Waals surface area contributed by atoms with E-state index < -0.39 is 0 Å². The molecule has 0 aliphatic carbocycles. The van der Waals surface area contributed by atoms with E-state index >= 15 is 0 Å². The van der Waals surface area contributed by atoms with E-state index in [-0.39, 0.29) is 5.91 Å². The Balaban J connectivity index is 1.97. The highest BCUT2D eigenvalue weighted by Crippen LogP contribution is 1.98. The van der Waals surface area contributed by atoms with Crippen molar-refractivity contribution in [2.45, 2.75) is 6.54 Å². The third-order valence-electron chi connectivity index (χ3n) is 2.23. The smallest absolute Gasteiger partial charge is 0.287 e. The van der Waals surface area contributed by atoms with Crippen molar-refractivity contribution in [2.75, 3.05) is 0 Å². The summed E-state index contributed by atoms with van der Waals surface area (Å²) in [4.78, 5) is 19.6. The van der Waals surface area contributed by atoms with Gasteiger partial charge in [0.25, 0.3) is 5.91 Å². The summed E-state index contributed by atoms with van der Waals surface area (Å²) in [6.07, 6.45) is 6.73. The number of aryl methyl sites for hydroxylation is 1. The summed E-state index contributed by atoms with van der Waals surface area (Å²) >= 11 is 0. The maximum absolute atomic E-state index is 11.7. The Kier molecular flexibility index (Phi) is 2.95. The molecule has 0 unspecified atom stereocenters. The molecule has 0 aromatic carbocycles. The molecule has 0 atom stereocenters. The lowest BCUT2D eigenvalue weighted by atomic mass is 10.3. The topological polar surface area (TPSA) is 59.8 Å². The summed E-state index contributed by atoms with van der Waals surface area (Å²) in [5, 5.41) is 2.79. The van der Waals surface area contributed by atoms with Crippen molar-refractivity contribution in [3.63, 3.8) is 0 Å². The van der Waals surface area contributed by atoms with Gasteiger partial charge in [0.1, 0.15) is 0 Å². The van der Waals surface area contributed by atoms with Crippen molar-refractivity contribution in [1.82, 2.24) is 19.9 Å². The molecule has 2 heterocycles. The molecule has 2 rings (SSSR count). The summed E-state index contributed by atoms with van der Waals surface area (Å²) in [5.74, 6) is 0.235. The fourth-order valence-electron chi connectivity index (χ4n) is 1.35. The quantitative estimate of drug-likeness (QED) is 0.823. The number of hydrogen-bond donors (Lipinski definition) is 1. The lowest BCUT2D eigenvalue weighted by molar-refractivity contribution is 0.0937. The molecule has 2 aromatic heterocycles. The molecular formula is C11H12N4O. The number of carbonyl (C=O) groups excluding carboxylic acids is 1. The van der Waals surface area contributed by atoms with Crippen LogP contribution in [0.2, 0.25) is 0 Å². The Hall–Kier alpha value is -2.17. The van der Waals surface area contributed by atoms with Crippen LogP contribution in [0.5, 0.6) is 0 Å². The minimum atomic E-state index is -0.177. The van der Waals surface area contributed by atoms with E-state index in [1.807, 2.05) is 12.1 Å². The van der Waals surface area contributed by atoms with E-state index in [4.69, 9.17) is 0 Å². The van der Waals surface area contributed by atoms with Crippen LogP contribution in [0.1, 0.15) is 16.2 Å². The van der Waals surface area contributed by atoms with Crippen molar-refractivity contribution in [2.24, 2.45) is 7.05 Å². The van der Waals surface area contributed by atoms with Gasteiger partial charge in [0.15, 0.2) is 5.82 Å². The molecule has 0 aliphatic rings. The van der Waals surface area contributed by atoms with Gasteiger partial charge in [0.2, 0.25) is 0 Å². The maximum atomic E-state index is 11.7. The molecule has 82 valence electrons. The second-order valence-corrected chi connectivity index (χ2v) is 3.40. The van der Waals surface area contributed by atoms with Gasteiger partial charge in [0, 0.05) is 38.4 Å². The van der Waals surface area contributed by atoms with Gasteiger partial charge in [-0.25, -0.2) is 4.98 Å². The van der Waals surface area contributed by atoms with Gasteiger partial charge in [-0.1, -0.05) is 0 Å². The molecule has 0 aliphatic heterocycles. The summed E-state index contributed by atoms with van der Waals surface area (Å²) in [5.41, 5.74) is 1.01. The molecule has 0 saturated carbocycles. The average Bonchev–Trinajstić information content (AvgIpc) is 2.74. The maximum Gasteiger partial charge on any atom is 0.287 e. The molecule has 0 bridgehead atoms. The van der Waals surface area contributed by atoms with Gasteiger partial charge in [-0.2, -0.15) is 0 Å². The summed E-state index contributed by atoms with van der Waals surface area (Å²) in [7, 11) is 1.79. The second kappa shape index (κ2) is 4.57. The van der Waals surface area contributed by atoms with Crippen LogP contribution < -0.4 is 5.32 Å². The van der Waals surface area contributed by atoms with Gasteiger partial charge >= 0.3 is 0 Å². The fourth-order valence-corrected chi connectivity index (χ4v) is 1.35. The van der Waals surface area contributed by atoms with Crippen LogP contribution in [-0.4, -0.2) is 20.4 Å². The highest BCUT2D eigenvalue weighted by atomic mass is 16.2. The van der Waals surface area contributed by atoms with Crippen LogP contribution in [0.4, 0.5) is 0 Å². The Morgan fingerprint density at radius 3 is 2.75 bits per heavy atom. The van der Waals surface area contributed by atoms with Gasteiger partial charge < -0.3 is 9.88 Å². The molecule has 0 spiro atoms. The number of carbonyl (C=O) groups is 1. The number of nitrogens with one attached hydrogen (secondary N) is 1. The highest BCUT2D eigenvalue weighted by Gasteiger charge is 2.09. The van der Waals surface area contributed by atoms with Crippen LogP contribution in [0.25, 0.3) is 0 Å². The zero-order chi connectivity index (χ0) is 11.4. The first-order chi connectivity index (χ1) is 7.77. The number of rotatable bonds is 3. The van der Waals surface area contributed by atoms with E-state index in [0.29, 0.717) is 12.4 Å². The fraction of sp³-hybridized carbons (Fsp3) is 0.182. The molecule has 1 N–H and O–H groups in total. The summed E-state index contributed by atoms with van der Waals surface area (Å²) < 4.78 is 1.68. The van der Waals surface area contributed by atoms with Crippen molar-refractivity contribution in [3.8, 4) is 0 Å².